The number of rotatable bonds is 2. The van der Waals surface area contributed by atoms with E-state index >= 15 is 0 Å². The molecule has 0 aliphatic carbocycles. The number of halogens is 1. The van der Waals surface area contributed by atoms with E-state index in [1.54, 1.807) is 6.20 Å². The van der Waals surface area contributed by atoms with E-state index in [0.717, 1.165) is 5.76 Å². The van der Waals surface area contributed by atoms with Crippen molar-refractivity contribution in [1.29, 1.82) is 0 Å². The summed E-state index contributed by atoms with van der Waals surface area (Å²) in [7, 11) is 0. The fourth-order valence-corrected chi connectivity index (χ4v) is 2.42. The van der Waals surface area contributed by atoms with Crippen molar-refractivity contribution < 1.29 is 9.15 Å². The third-order valence-corrected chi connectivity index (χ3v) is 3.48. The molecule has 2 rings (SSSR count). The normalized spacial score (nSPS) is 36.0. The Morgan fingerprint density at radius 2 is 2.07 bits per heavy atom. The van der Waals surface area contributed by atoms with E-state index in [9.17, 15) is 0 Å². The van der Waals surface area contributed by atoms with E-state index in [1.807, 2.05) is 0 Å². The first-order chi connectivity index (χ1) is 7.13. The fraction of sp³-hybridized carbons (Fsp3) is 0.727. The molecular weight excluding hydrogens is 214 g/mol. The molecule has 0 N–H and O–H groups in total. The van der Waals surface area contributed by atoms with Gasteiger partial charge in [0.2, 0.25) is 5.89 Å². The van der Waals surface area contributed by atoms with E-state index in [2.05, 4.69) is 25.8 Å². The minimum atomic E-state index is 0.186. The van der Waals surface area contributed by atoms with Crippen LogP contribution in [-0.4, -0.2) is 17.2 Å². The summed E-state index contributed by atoms with van der Waals surface area (Å²) in [4.78, 5) is 4.12. The van der Waals surface area contributed by atoms with Gasteiger partial charge >= 0.3 is 0 Å². The molecule has 1 aliphatic rings. The fourth-order valence-electron chi connectivity index (χ4n) is 2.30. The van der Waals surface area contributed by atoms with Crippen LogP contribution in [0.25, 0.3) is 0 Å². The number of ether oxygens (including phenoxy) is 1. The maximum atomic E-state index is 5.76. The van der Waals surface area contributed by atoms with E-state index in [-0.39, 0.29) is 12.2 Å². The lowest BCUT2D eigenvalue weighted by atomic mass is 9.88. The summed E-state index contributed by atoms with van der Waals surface area (Å²) >= 11 is 5.66. The molecule has 0 saturated carbocycles. The van der Waals surface area contributed by atoms with Crippen molar-refractivity contribution in [3.63, 3.8) is 0 Å². The van der Waals surface area contributed by atoms with Crippen LogP contribution in [0.3, 0.4) is 0 Å². The van der Waals surface area contributed by atoms with Gasteiger partial charge in [0.1, 0.15) is 5.76 Å². The van der Waals surface area contributed by atoms with E-state index in [1.165, 1.54) is 0 Å². The van der Waals surface area contributed by atoms with Gasteiger partial charge in [-0.15, -0.1) is 11.6 Å². The Morgan fingerprint density at radius 1 is 1.33 bits per heavy atom. The van der Waals surface area contributed by atoms with Gasteiger partial charge in [-0.3, -0.25) is 0 Å². The number of hydrogen-bond donors (Lipinski definition) is 0. The molecule has 0 spiro atoms. The summed E-state index contributed by atoms with van der Waals surface area (Å²) in [6.45, 7) is 6.36. The molecule has 4 heteroatoms. The zero-order valence-corrected chi connectivity index (χ0v) is 9.99. The highest BCUT2D eigenvalue weighted by atomic mass is 35.5. The number of alkyl halides is 1. The Morgan fingerprint density at radius 3 is 2.53 bits per heavy atom. The molecule has 0 amide bonds. The molecule has 0 radical (unpaired) electrons. The summed E-state index contributed by atoms with van der Waals surface area (Å²) in [5, 5.41) is 0. The second-order valence-corrected chi connectivity index (χ2v) is 4.49. The quantitative estimate of drug-likeness (QED) is 0.732. The zero-order valence-electron chi connectivity index (χ0n) is 9.24. The molecule has 0 aromatic carbocycles. The third kappa shape index (κ3) is 1.91. The first-order valence-corrected chi connectivity index (χ1v) is 5.83. The minimum Gasteiger partial charge on any atom is -0.444 e. The molecular formula is C11H16ClNO2. The number of oxazole rings is 1. The molecule has 1 aromatic heterocycles. The van der Waals surface area contributed by atoms with Gasteiger partial charge in [0, 0.05) is 5.92 Å². The Balaban J connectivity index is 2.22. The molecule has 4 unspecified atom stereocenters. The minimum absolute atomic E-state index is 0.186. The molecule has 1 fully saturated rings. The largest absolute Gasteiger partial charge is 0.444 e. The van der Waals surface area contributed by atoms with Crippen LogP contribution >= 0.6 is 11.6 Å². The third-order valence-electron chi connectivity index (χ3n) is 3.26. The van der Waals surface area contributed by atoms with Gasteiger partial charge in [-0.25, -0.2) is 4.98 Å². The van der Waals surface area contributed by atoms with Crippen LogP contribution in [-0.2, 0) is 10.6 Å². The highest BCUT2D eigenvalue weighted by molar-refractivity contribution is 6.16. The Hall–Kier alpha value is -0.540. The monoisotopic (exact) mass is 229 g/mol. The van der Waals surface area contributed by atoms with Crippen LogP contribution in [0.1, 0.15) is 38.3 Å². The lowest BCUT2D eigenvalue weighted by molar-refractivity contribution is 0.0547. The SMILES string of the molecule is CC1OC(C)C(c2cnc(CCl)o2)C1C. The molecule has 15 heavy (non-hydrogen) atoms. The van der Waals surface area contributed by atoms with Gasteiger partial charge in [0.15, 0.2) is 0 Å². The van der Waals surface area contributed by atoms with Gasteiger partial charge in [-0.1, -0.05) is 6.92 Å². The van der Waals surface area contributed by atoms with Gasteiger partial charge in [0.05, 0.1) is 24.3 Å². The topological polar surface area (TPSA) is 35.3 Å². The second-order valence-electron chi connectivity index (χ2n) is 4.22. The zero-order chi connectivity index (χ0) is 11.0. The van der Waals surface area contributed by atoms with Crippen molar-refractivity contribution in [2.45, 2.75) is 44.8 Å². The maximum Gasteiger partial charge on any atom is 0.209 e. The molecule has 1 aliphatic heterocycles. The van der Waals surface area contributed by atoms with Crippen molar-refractivity contribution in [2.75, 3.05) is 0 Å². The number of nitrogens with zero attached hydrogens (tertiary/aromatic N) is 1. The molecule has 3 nitrogen and oxygen atoms in total. The van der Waals surface area contributed by atoms with Crippen molar-refractivity contribution in [2.24, 2.45) is 5.92 Å². The van der Waals surface area contributed by atoms with Crippen LogP contribution in [0.15, 0.2) is 10.6 Å². The van der Waals surface area contributed by atoms with Crippen LogP contribution in [0, 0.1) is 5.92 Å². The molecule has 1 aromatic rings. The first kappa shape index (κ1) is 11.0. The smallest absolute Gasteiger partial charge is 0.209 e. The predicted octanol–water partition coefficient (Wildman–Crippen LogP) is 2.94. The summed E-state index contributed by atoms with van der Waals surface area (Å²) in [5.41, 5.74) is 0. The number of hydrogen-bond acceptors (Lipinski definition) is 3. The summed E-state index contributed by atoms with van der Waals surface area (Å²) in [5.74, 6) is 2.56. The van der Waals surface area contributed by atoms with Crippen LogP contribution < -0.4 is 0 Å². The lowest BCUT2D eigenvalue weighted by Crippen LogP contribution is -2.14. The lowest BCUT2D eigenvalue weighted by Gasteiger charge is -2.14. The first-order valence-electron chi connectivity index (χ1n) is 5.29. The average Bonchev–Trinajstić information content (AvgIpc) is 2.74. The summed E-state index contributed by atoms with van der Waals surface area (Å²) in [6.07, 6.45) is 2.23. The van der Waals surface area contributed by atoms with Crippen LogP contribution in [0.4, 0.5) is 0 Å². The number of aromatic nitrogens is 1. The molecule has 1 saturated heterocycles. The Bertz CT molecular complexity index is 339. The van der Waals surface area contributed by atoms with Crippen molar-refractivity contribution in [1.82, 2.24) is 4.98 Å². The predicted molar refractivity (Wildman–Crippen MR) is 58.0 cm³/mol. The average molecular weight is 230 g/mol. The standard InChI is InChI=1S/C11H16ClNO2/c1-6-7(2)14-8(3)11(6)9-5-13-10(4-12)15-9/h5-8,11H,4H2,1-3H3. The van der Waals surface area contributed by atoms with Gasteiger partial charge in [-0.05, 0) is 19.8 Å². The summed E-state index contributed by atoms with van der Waals surface area (Å²) < 4.78 is 11.3. The molecule has 84 valence electrons. The Labute approximate surface area is 94.8 Å². The van der Waals surface area contributed by atoms with Crippen LogP contribution in [0.5, 0.6) is 0 Å². The van der Waals surface area contributed by atoms with Crippen molar-refractivity contribution >= 4 is 11.6 Å². The highest BCUT2D eigenvalue weighted by Gasteiger charge is 2.39. The van der Waals surface area contributed by atoms with Crippen molar-refractivity contribution in [3.8, 4) is 0 Å². The van der Waals surface area contributed by atoms with E-state index in [4.69, 9.17) is 20.8 Å². The van der Waals surface area contributed by atoms with E-state index in [0.29, 0.717) is 23.6 Å². The van der Waals surface area contributed by atoms with Gasteiger partial charge < -0.3 is 9.15 Å². The second kappa shape index (κ2) is 4.14. The van der Waals surface area contributed by atoms with E-state index < -0.39 is 0 Å². The van der Waals surface area contributed by atoms with Gasteiger partial charge in [-0.2, -0.15) is 0 Å². The molecule has 2 heterocycles. The van der Waals surface area contributed by atoms with Crippen LogP contribution in [0.2, 0.25) is 0 Å². The molecule has 0 bridgehead atoms. The molecule has 4 atom stereocenters. The summed E-state index contributed by atoms with van der Waals surface area (Å²) in [6, 6.07) is 0. The maximum absolute atomic E-state index is 5.76. The Kier molecular flexibility index (Phi) is 3.03. The van der Waals surface area contributed by atoms with Crippen molar-refractivity contribution in [3.05, 3.63) is 17.8 Å². The highest BCUT2D eigenvalue weighted by Crippen LogP contribution is 2.39. The van der Waals surface area contributed by atoms with Gasteiger partial charge in [0.25, 0.3) is 0 Å².